The molecule has 0 radical (unpaired) electrons. The van der Waals surface area contributed by atoms with Crippen molar-refractivity contribution in [3.05, 3.63) is 29.3 Å². The third-order valence-electron chi connectivity index (χ3n) is 1.86. The minimum absolute atomic E-state index is 0. The molecule has 0 aliphatic heterocycles. The van der Waals surface area contributed by atoms with Crippen LogP contribution in [0.4, 0.5) is 8.78 Å². The van der Waals surface area contributed by atoms with E-state index in [0.29, 0.717) is 16.0 Å². The van der Waals surface area contributed by atoms with E-state index in [0.717, 1.165) is 0 Å². The van der Waals surface area contributed by atoms with E-state index in [1.165, 1.54) is 12.1 Å². The number of nitrogens with zero attached hydrogens (tertiary/aromatic N) is 1. The van der Waals surface area contributed by atoms with Crippen LogP contribution in [-0.4, -0.2) is 18.0 Å². The standard InChI is InChI=1S/C8H5F2NO3S2.Li/c9-8(10,16(12,13)14)7-11-5-3-1-2-4-6(5)15-7;/h1-4H,(H,12,13,14);/q;+1/p-1. The van der Waals surface area contributed by atoms with E-state index in [2.05, 4.69) is 4.98 Å². The summed E-state index contributed by atoms with van der Waals surface area (Å²) in [5.74, 6) is 0. The summed E-state index contributed by atoms with van der Waals surface area (Å²) in [5.41, 5.74) is 0.242. The minimum atomic E-state index is -5.74. The Labute approximate surface area is 112 Å². The van der Waals surface area contributed by atoms with Gasteiger partial charge >= 0.3 is 24.1 Å². The van der Waals surface area contributed by atoms with Gasteiger partial charge in [-0.2, -0.15) is 8.78 Å². The first-order chi connectivity index (χ1) is 7.32. The SMILES string of the molecule is O=S(=O)([O-])C(F)(F)c1nc2ccccc2s1.[Li+]. The molecule has 0 bridgehead atoms. The first-order valence-electron chi connectivity index (χ1n) is 4.01. The molecular weight excluding hydrogens is 267 g/mol. The van der Waals surface area contributed by atoms with Crippen LogP contribution in [0.25, 0.3) is 10.2 Å². The summed E-state index contributed by atoms with van der Waals surface area (Å²) in [7, 11) is -5.74. The molecule has 0 N–H and O–H groups in total. The fourth-order valence-corrected chi connectivity index (χ4v) is 2.63. The van der Waals surface area contributed by atoms with Gasteiger partial charge in [-0.1, -0.05) is 12.1 Å². The van der Waals surface area contributed by atoms with Crippen LogP contribution >= 0.6 is 11.3 Å². The van der Waals surface area contributed by atoms with E-state index >= 15 is 0 Å². The van der Waals surface area contributed by atoms with Crippen molar-refractivity contribution in [3.63, 3.8) is 0 Å². The van der Waals surface area contributed by atoms with Crippen molar-refractivity contribution in [1.82, 2.24) is 4.98 Å². The molecule has 0 unspecified atom stereocenters. The zero-order valence-corrected chi connectivity index (χ0v) is 10.2. The van der Waals surface area contributed by atoms with Crippen LogP contribution in [0.3, 0.4) is 0 Å². The number of fused-ring (bicyclic) bond motifs is 1. The van der Waals surface area contributed by atoms with E-state index in [1.54, 1.807) is 12.1 Å². The van der Waals surface area contributed by atoms with Crippen molar-refractivity contribution < 1.29 is 40.6 Å². The molecule has 86 valence electrons. The summed E-state index contributed by atoms with van der Waals surface area (Å²) in [5, 5.41) is -5.47. The van der Waals surface area contributed by atoms with Crippen LogP contribution in [0.2, 0.25) is 0 Å². The molecule has 0 saturated heterocycles. The molecule has 0 aliphatic carbocycles. The second kappa shape index (κ2) is 4.63. The molecule has 17 heavy (non-hydrogen) atoms. The zero-order valence-electron chi connectivity index (χ0n) is 8.55. The molecule has 2 rings (SSSR count). The predicted molar refractivity (Wildman–Crippen MR) is 53.2 cm³/mol. The topological polar surface area (TPSA) is 70.1 Å². The fraction of sp³-hybridized carbons (Fsp3) is 0.125. The summed E-state index contributed by atoms with van der Waals surface area (Å²) in [6.45, 7) is 0. The molecule has 0 fully saturated rings. The van der Waals surface area contributed by atoms with Crippen molar-refractivity contribution in [2.24, 2.45) is 0 Å². The monoisotopic (exact) mass is 271 g/mol. The van der Waals surface area contributed by atoms with Crippen LogP contribution < -0.4 is 18.9 Å². The van der Waals surface area contributed by atoms with Gasteiger partial charge in [0.1, 0.15) is 0 Å². The molecule has 1 heterocycles. The van der Waals surface area contributed by atoms with Crippen LogP contribution in [0.15, 0.2) is 24.3 Å². The van der Waals surface area contributed by atoms with Gasteiger partial charge in [-0.3, -0.25) is 0 Å². The molecule has 0 amide bonds. The van der Waals surface area contributed by atoms with Crippen molar-refractivity contribution in [2.45, 2.75) is 5.25 Å². The Kier molecular flexibility index (Phi) is 3.96. The van der Waals surface area contributed by atoms with Crippen molar-refractivity contribution in [1.29, 1.82) is 0 Å². The summed E-state index contributed by atoms with van der Waals surface area (Å²) in [6, 6.07) is 6.16. The normalized spacial score (nSPS) is 12.4. The van der Waals surface area contributed by atoms with Crippen LogP contribution in [-0.2, 0) is 15.4 Å². The second-order valence-corrected chi connectivity index (χ2v) is 5.41. The van der Waals surface area contributed by atoms with Gasteiger partial charge in [0.05, 0.1) is 10.2 Å². The number of benzene rings is 1. The Morgan fingerprint density at radius 3 is 2.41 bits per heavy atom. The summed E-state index contributed by atoms with van der Waals surface area (Å²) >= 11 is 0.491. The summed E-state index contributed by atoms with van der Waals surface area (Å²) < 4.78 is 57.9. The molecule has 0 atom stereocenters. The van der Waals surface area contributed by atoms with E-state index < -0.39 is 20.4 Å². The van der Waals surface area contributed by atoms with E-state index in [4.69, 9.17) is 0 Å². The van der Waals surface area contributed by atoms with E-state index in [-0.39, 0.29) is 24.4 Å². The minimum Gasteiger partial charge on any atom is -0.743 e. The number of alkyl halides is 2. The van der Waals surface area contributed by atoms with Gasteiger partial charge in [0, 0.05) is 0 Å². The number of rotatable bonds is 2. The largest absolute Gasteiger partial charge is 1.00 e. The number of aromatic nitrogens is 1. The molecular formula is C8H4F2LiNO3S2. The Balaban J connectivity index is 0.00000144. The van der Waals surface area contributed by atoms with E-state index in [9.17, 15) is 21.8 Å². The van der Waals surface area contributed by atoms with Gasteiger partial charge in [-0.15, -0.1) is 11.3 Å². The van der Waals surface area contributed by atoms with Crippen LogP contribution in [0.5, 0.6) is 0 Å². The van der Waals surface area contributed by atoms with Gasteiger partial charge in [0.25, 0.3) is 0 Å². The maximum Gasteiger partial charge on any atom is 1.00 e. The average Bonchev–Trinajstić information content (AvgIpc) is 2.59. The van der Waals surface area contributed by atoms with Gasteiger partial charge in [-0.25, -0.2) is 13.4 Å². The fourth-order valence-electron chi connectivity index (χ4n) is 1.10. The maximum absolute atomic E-state index is 13.1. The van der Waals surface area contributed by atoms with Gasteiger partial charge in [-0.05, 0) is 12.1 Å². The van der Waals surface area contributed by atoms with Crippen molar-refractivity contribution >= 4 is 31.7 Å². The Bertz CT molecular complexity index is 608. The summed E-state index contributed by atoms with van der Waals surface area (Å²) in [4.78, 5) is 3.44. The molecule has 0 saturated carbocycles. The number of hydrogen-bond donors (Lipinski definition) is 0. The first kappa shape index (κ1) is 14.5. The number of halogens is 2. The first-order valence-corrected chi connectivity index (χ1v) is 6.24. The van der Waals surface area contributed by atoms with Gasteiger partial charge < -0.3 is 4.55 Å². The van der Waals surface area contributed by atoms with Crippen molar-refractivity contribution in [3.8, 4) is 0 Å². The molecule has 4 nitrogen and oxygen atoms in total. The average molecular weight is 271 g/mol. The molecule has 9 heteroatoms. The summed E-state index contributed by atoms with van der Waals surface area (Å²) in [6.07, 6.45) is 0. The second-order valence-electron chi connectivity index (χ2n) is 2.96. The molecule has 1 aromatic heterocycles. The number of thiazole rings is 1. The Hall–Kier alpha value is -0.523. The van der Waals surface area contributed by atoms with Gasteiger partial charge in [0.2, 0.25) is 0 Å². The Morgan fingerprint density at radius 1 is 1.29 bits per heavy atom. The maximum atomic E-state index is 13.1. The van der Waals surface area contributed by atoms with Crippen molar-refractivity contribution in [2.75, 3.05) is 0 Å². The zero-order chi connectivity index (χ0) is 12.0. The molecule has 1 aromatic carbocycles. The van der Waals surface area contributed by atoms with Crippen LogP contribution in [0.1, 0.15) is 5.01 Å². The number of para-hydroxylation sites is 1. The smallest absolute Gasteiger partial charge is 0.743 e. The van der Waals surface area contributed by atoms with Gasteiger partial charge in [0.15, 0.2) is 15.1 Å². The Morgan fingerprint density at radius 2 is 1.88 bits per heavy atom. The molecule has 2 aromatic rings. The third kappa shape index (κ3) is 2.51. The molecule has 0 aliphatic rings. The third-order valence-corrected chi connectivity index (χ3v) is 3.91. The number of hydrogen-bond acceptors (Lipinski definition) is 5. The van der Waals surface area contributed by atoms with E-state index in [1.807, 2.05) is 0 Å². The van der Waals surface area contributed by atoms with Crippen LogP contribution in [0, 0.1) is 0 Å². The quantitative estimate of drug-likeness (QED) is 0.513. The predicted octanol–water partition coefficient (Wildman–Crippen LogP) is -1.11. The molecule has 0 spiro atoms.